The third kappa shape index (κ3) is 4.85. The molecule has 0 bridgehead atoms. The molecule has 0 saturated heterocycles. The van der Waals surface area contributed by atoms with Gasteiger partial charge in [0.15, 0.2) is 0 Å². The van der Waals surface area contributed by atoms with E-state index in [9.17, 15) is 14.0 Å². The van der Waals surface area contributed by atoms with E-state index in [-0.39, 0.29) is 11.1 Å². The number of hydrogen-bond acceptors (Lipinski definition) is 4. The van der Waals surface area contributed by atoms with Gasteiger partial charge in [-0.15, -0.1) is 11.3 Å². The fourth-order valence-corrected chi connectivity index (χ4v) is 2.87. The number of carboxylic acid groups (broad SMARTS) is 1. The number of aromatic nitrogens is 1. The van der Waals surface area contributed by atoms with Gasteiger partial charge in [0.2, 0.25) is 0 Å². The summed E-state index contributed by atoms with van der Waals surface area (Å²) in [6.07, 6.45) is 2.50. The van der Waals surface area contributed by atoms with Gasteiger partial charge in [-0.05, 0) is 44.4 Å². The van der Waals surface area contributed by atoms with Crippen molar-refractivity contribution in [2.75, 3.05) is 6.54 Å². The first-order chi connectivity index (χ1) is 11.0. The lowest BCUT2D eigenvalue weighted by Crippen LogP contribution is -2.25. The van der Waals surface area contributed by atoms with Crippen molar-refractivity contribution < 1.29 is 19.1 Å². The third-order valence-corrected chi connectivity index (χ3v) is 4.26. The summed E-state index contributed by atoms with van der Waals surface area (Å²) in [7, 11) is 0. The van der Waals surface area contributed by atoms with Crippen LogP contribution >= 0.6 is 11.3 Å². The fraction of sp³-hybridized carbons (Fsp3) is 0.312. The maximum Gasteiger partial charge on any atom is 0.335 e. The van der Waals surface area contributed by atoms with Crippen molar-refractivity contribution in [2.24, 2.45) is 0 Å². The molecule has 5 nitrogen and oxygen atoms in total. The Bertz CT molecular complexity index is 715. The molecule has 0 aliphatic carbocycles. The zero-order chi connectivity index (χ0) is 16.8. The van der Waals surface area contributed by atoms with E-state index in [0.29, 0.717) is 6.54 Å². The average molecular weight is 336 g/mol. The quantitative estimate of drug-likeness (QED) is 0.762. The van der Waals surface area contributed by atoms with Gasteiger partial charge in [-0.3, -0.25) is 4.79 Å². The number of thiazole rings is 1. The van der Waals surface area contributed by atoms with Crippen molar-refractivity contribution in [3.8, 4) is 0 Å². The highest BCUT2D eigenvalue weighted by Gasteiger charge is 2.14. The normalized spacial score (nSPS) is 10.5. The lowest BCUT2D eigenvalue weighted by atomic mass is 10.1. The van der Waals surface area contributed by atoms with Crippen LogP contribution < -0.4 is 5.32 Å². The number of aryl methyl sites for hydroxylation is 2. The summed E-state index contributed by atoms with van der Waals surface area (Å²) in [5.41, 5.74) is 0.682. The van der Waals surface area contributed by atoms with E-state index in [4.69, 9.17) is 5.11 Å². The Balaban J connectivity index is 1.77. The summed E-state index contributed by atoms with van der Waals surface area (Å²) in [5.74, 6) is -2.60. The number of benzene rings is 1. The molecule has 0 saturated carbocycles. The second-order valence-electron chi connectivity index (χ2n) is 5.10. The third-order valence-electron chi connectivity index (χ3n) is 3.23. The number of halogens is 1. The van der Waals surface area contributed by atoms with E-state index in [2.05, 4.69) is 10.3 Å². The van der Waals surface area contributed by atoms with E-state index in [0.717, 1.165) is 36.0 Å². The van der Waals surface area contributed by atoms with Crippen molar-refractivity contribution in [3.63, 3.8) is 0 Å². The van der Waals surface area contributed by atoms with E-state index in [1.165, 1.54) is 12.1 Å². The highest BCUT2D eigenvalue weighted by Crippen LogP contribution is 2.12. The van der Waals surface area contributed by atoms with Crippen LogP contribution in [-0.2, 0) is 6.42 Å². The van der Waals surface area contributed by atoms with Crippen LogP contribution in [0.5, 0.6) is 0 Å². The molecule has 0 aliphatic heterocycles. The maximum absolute atomic E-state index is 13.7. The van der Waals surface area contributed by atoms with Gasteiger partial charge in [-0.25, -0.2) is 14.2 Å². The minimum Gasteiger partial charge on any atom is -0.478 e. The van der Waals surface area contributed by atoms with Gasteiger partial charge >= 0.3 is 5.97 Å². The first kappa shape index (κ1) is 17.1. The number of carbonyl (C=O) groups is 2. The molecule has 2 N–H and O–H groups in total. The smallest absolute Gasteiger partial charge is 0.335 e. The van der Waals surface area contributed by atoms with E-state index in [1.807, 2.05) is 12.3 Å². The summed E-state index contributed by atoms with van der Waals surface area (Å²) < 4.78 is 13.7. The summed E-state index contributed by atoms with van der Waals surface area (Å²) >= 11 is 1.62. The molecule has 122 valence electrons. The molecule has 23 heavy (non-hydrogen) atoms. The monoisotopic (exact) mass is 336 g/mol. The number of nitrogens with one attached hydrogen (secondary N) is 1. The van der Waals surface area contributed by atoms with Crippen LogP contribution in [0.15, 0.2) is 23.6 Å². The number of aromatic carboxylic acids is 1. The largest absolute Gasteiger partial charge is 0.478 e. The topological polar surface area (TPSA) is 79.3 Å². The lowest BCUT2D eigenvalue weighted by Gasteiger charge is -2.06. The predicted molar refractivity (Wildman–Crippen MR) is 85.5 cm³/mol. The zero-order valence-electron chi connectivity index (χ0n) is 12.6. The summed E-state index contributed by atoms with van der Waals surface area (Å²) in [4.78, 5) is 27.0. The molecule has 1 aromatic heterocycles. The predicted octanol–water partition coefficient (Wildman–Crippen LogP) is 3.04. The van der Waals surface area contributed by atoms with Crippen LogP contribution in [0, 0.1) is 12.7 Å². The molecule has 1 amide bonds. The van der Waals surface area contributed by atoms with Crippen LogP contribution in [0.4, 0.5) is 4.39 Å². The molecule has 0 spiro atoms. The number of unbranched alkanes of at least 4 members (excludes halogenated alkanes) is 1. The van der Waals surface area contributed by atoms with Gasteiger partial charge in [0, 0.05) is 17.6 Å². The Hall–Kier alpha value is -2.28. The molecule has 1 aromatic carbocycles. The van der Waals surface area contributed by atoms with Gasteiger partial charge in [0.05, 0.1) is 16.1 Å². The molecule has 0 atom stereocenters. The van der Waals surface area contributed by atoms with E-state index in [1.54, 1.807) is 11.3 Å². The number of nitrogens with zero attached hydrogens (tertiary/aromatic N) is 1. The molecular weight excluding hydrogens is 319 g/mol. The van der Waals surface area contributed by atoms with Gasteiger partial charge in [0.25, 0.3) is 5.91 Å². The van der Waals surface area contributed by atoms with Gasteiger partial charge in [0.1, 0.15) is 5.82 Å². The fourth-order valence-electron chi connectivity index (χ4n) is 2.05. The average Bonchev–Trinajstić information content (AvgIpc) is 2.92. The van der Waals surface area contributed by atoms with Crippen molar-refractivity contribution >= 4 is 23.2 Å². The van der Waals surface area contributed by atoms with Crippen molar-refractivity contribution in [1.29, 1.82) is 0 Å². The molecule has 2 rings (SSSR count). The molecule has 0 radical (unpaired) electrons. The van der Waals surface area contributed by atoms with E-state index < -0.39 is 17.7 Å². The zero-order valence-corrected chi connectivity index (χ0v) is 13.5. The van der Waals surface area contributed by atoms with Crippen LogP contribution in [0.3, 0.4) is 0 Å². The Kier molecular flexibility index (Phi) is 5.81. The number of carboxylic acids is 1. The molecule has 0 aliphatic rings. The minimum atomic E-state index is -1.23. The lowest BCUT2D eigenvalue weighted by molar-refractivity contribution is 0.0695. The van der Waals surface area contributed by atoms with Crippen LogP contribution in [0.25, 0.3) is 0 Å². The molecule has 0 unspecified atom stereocenters. The van der Waals surface area contributed by atoms with Crippen molar-refractivity contribution in [2.45, 2.75) is 26.2 Å². The summed E-state index contributed by atoms with van der Waals surface area (Å²) in [5, 5.41) is 14.5. The number of carbonyl (C=O) groups excluding carboxylic acids is 1. The second kappa shape index (κ2) is 7.82. The summed E-state index contributed by atoms with van der Waals surface area (Å²) in [6.45, 7) is 2.38. The van der Waals surface area contributed by atoms with Crippen molar-refractivity contribution in [3.05, 3.63) is 51.2 Å². The van der Waals surface area contributed by atoms with Gasteiger partial charge < -0.3 is 10.4 Å². The van der Waals surface area contributed by atoms with Gasteiger partial charge in [-0.2, -0.15) is 0 Å². The maximum atomic E-state index is 13.7. The summed E-state index contributed by atoms with van der Waals surface area (Å²) in [6, 6.07) is 3.25. The number of amides is 1. The first-order valence-electron chi connectivity index (χ1n) is 7.19. The highest BCUT2D eigenvalue weighted by molar-refractivity contribution is 7.09. The Morgan fingerprint density at radius 2 is 2.13 bits per heavy atom. The highest BCUT2D eigenvalue weighted by atomic mass is 32.1. The van der Waals surface area contributed by atoms with Gasteiger partial charge in [-0.1, -0.05) is 0 Å². The number of hydrogen-bond donors (Lipinski definition) is 2. The van der Waals surface area contributed by atoms with Crippen LogP contribution in [0.2, 0.25) is 0 Å². The molecule has 2 aromatic rings. The number of rotatable bonds is 7. The standard InChI is InChI=1S/C16H17FN2O3S/c1-10-9-23-14(19-10)4-2-3-7-18-15(20)12-6-5-11(16(21)22)8-13(12)17/h5-6,8-9H,2-4,7H2,1H3,(H,18,20)(H,21,22). The first-order valence-corrected chi connectivity index (χ1v) is 8.07. The molecule has 0 fully saturated rings. The SMILES string of the molecule is Cc1csc(CCCCNC(=O)c2ccc(C(=O)O)cc2F)n1. The molecule has 7 heteroatoms. The Labute approximate surface area is 137 Å². The Morgan fingerprint density at radius 3 is 2.74 bits per heavy atom. The minimum absolute atomic E-state index is 0.148. The van der Waals surface area contributed by atoms with E-state index >= 15 is 0 Å². The molecule has 1 heterocycles. The van der Waals surface area contributed by atoms with Crippen LogP contribution in [-0.4, -0.2) is 28.5 Å². The van der Waals surface area contributed by atoms with Crippen LogP contribution in [0.1, 0.15) is 44.3 Å². The van der Waals surface area contributed by atoms with Crippen molar-refractivity contribution in [1.82, 2.24) is 10.3 Å². The Morgan fingerprint density at radius 1 is 1.35 bits per heavy atom. The second-order valence-corrected chi connectivity index (χ2v) is 6.04. The molecular formula is C16H17FN2O3S.